The standard InChI is InChI=1S/C10H15N5O2/c1-5(2)8(16-3)9-12-10(17-15-9)6-4-7(11)14-13-6/h4-5,8H,1-3H3,(H3,11,13,14). The molecule has 17 heavy (non-hydrogen) atoms. The molecule has 0 aliphatic rings. The van der Waals surface area contributed by atoms with E-state index in [4.69, 9.17) is 15.0 Å². The molecule has 1 atom stereocenters. The van der Waals surface area contributed by atoms with Gasteiger partial charge in [-0.1, -0.05) is 19.0 Å². The minimum absolute atomic E-state index is 0.187. The SMILES string of the molecule is COC(c1noc(-c2cc(N)n[nH]2)n1)C(C)C. The second-order valence-corrected chi connectivity index (χ2v) is 4.06. The predicted octanol–water partition coefficient (Wildman–Crippen LogP) is 1.39. The van der Waals surface area contributed by atoms with Gasteiger partial charge in [-0.05, 0) is 5.92 Å². The van der Waals surface area contributed by atoms with Crippen molar-refractivity contribution in [2.75, 3.05) is 12.8 Å². The average Bonchev–Trinajstić information content (AvgIpc) is 2.87. The van der Waals surface area contributed by atoms with E-state index < -0.39 is 0 Å². The Labute approximate surface area is 98.3 Å². The minimum Gasteiger partial charge on any atom is -0.382 e. The van der Waals surface area contributed by atoms with E-state index in [-0.39, 0.29) is 12.0 Å². The van der Waals surface area contributed by atoms with E-state index in [9.17, 15) is 0 Å². The second-order valence-electron chi connectivity index (χ2n) is 4.06. The number of nitrogens with two attached hydrogens (primary N) is 1. The van der Waals surface area contributed by atoms with Crippen LogP contribution in [0.5, 0.6) is 0 Å². The molecule has 92 valence electrons. The van der Waals surface area contributed by atoms with Crippen LogP contribution in [0.1, 0.15) is 25.8 Å². The molecule has 0 aromatic carbocycles. The van der Waals surface area contributed by atoms with Crippen molar-refractivity contribution in [2.45, 2.75) is 20.0 Å². The van der Waals surface area contributed by atoms with Crippen LogP contribution in [0.15, 0.2) is 10.6 Å². The number of methoxy groups -OCH3 is 1. The van der Waals surface area contributed by atoms with E-state index in [2.05, 4.69) is 20.3 Å². The van der Waals surface area contributed by atoms with Gasteiger partial charge >= 0.3 is 0 Å². The number of nitrogens with zero attached hydrogens (tertiary/aromatic N) is 3. The lowest BCUT2D eigenvalue weighted by molar-refractivity contribution is 0.0556. The Kier molecular flexibility index (Phi) is 3.10. The number of hydrogen-bond acceptors (Lipinski definition) is 6. The third-order valence-corrected chi connectivity index (χ3v) is 2.38. The quantitative estimate of drug-likeness (QED) is 0.832. The smallest absolute Gasteiger partial charge is 0.276 e. The van der Waals surface area contributed by atoms with Crippen LogP contribution in [0.4, 0.5) is 5.82 Å². The second kappa shape index (κ2) is 4.54. The zero-order chi connectivity index (χ0) is 12.4. The van der Waals surface area contributed by atoms with Crippen molar-refractivity contribution in [2.24, 2.45) is 5.92 Å². The van der Waals surface area contributed by atoms with Crippen molar-refractivity contribution in [3.63, 3.8) is 0 Å². The highest BCUT2D eigenvalue weighted by molar-refractivity contribution is 5.51. The number of aromatic nitrogens is 4. The van der Waals surface area contributed by atoms with Crippen molar-refractivity contribution >= 4 is 5.82 Å². The van der Waals surface area contributed by atoms with Gasteiger partial charge in [-0.25, -0.2) is 0 Å². The first-order valence-corrected chi connectivity index (χ1v) is 5.29. The molecular formula is C10H15N5O2. The van der Waals surface area contributed by atoms with Crippen molar-refractivity contribution in [1.29, 1.82) is 0 Å². The summed E-state index contributed by atoms with van der Waals surface area (Å²) in [5.41, 5.74) is 6.10. The molecule has 7 heteroatoms. The van der Waals surface area contributed by atoms with Crippen molar-refractivity contribution in [3.8, 4) is 11.6 Å². The number of hydrogen-bond donors (Lipinski definition) is 2. The van der Waals surface area contributed by atoms with Gasteiger partial charge in [0.1, 0.15) is 17.6 Å². The molecule has 3 N–H and O–H groups in total. The normalized spacial score (nSPS) is 13.2. The van der Waals surface area contributed by atoms with E-state index in [0.29, 0.717) is 23.2 Å². The van der Waals surface area contributed by atoms with Gasteiger partial charge in [-0.15, -0.1) is 0 Å². The lowest BCUT2D eigenvalue weighted by Gasteiger charge is -2.14. The first-order valence-electron chi connectivity index (χ1n) is 5.29. The summed E-state index contributed by atoms with van der Waals surface area (Å²) in [4.78, 5) is 4.26. The van der Waals surface area contributed by atoms with Crippen molar-refractivity contribution in [1.82, 2.24) is 20.3 Å². The van der Waals surface area contributed by atoms with Crippen LogP contribution in [0.2, 0.25) is 0 Å². The highest BCUT2D eigenvalue weighted by atomic mass is 16.5. The minimum atomic E-state index is -0.187. The first-order chi connectivity index (χ1) is 8.11. The highest BCUT2D eigenvalue weighted by Gasteiger charge is 2.22. The molecule has 2 aromatic heterocycles. The van der Waals surface area contributed by atoms with Gasteiger partial charge < -0.3 is 15.0 Å². The molecule has 0 spiro atoms. The molecule has 2 heterocycles. The molecule has 0 saturated heterocycles. The molecular weight excluding hydrogens is 222 g/mol. The third-order valence-electron chi connectivity index (χ3n) is 2.38. The zero-order valence-electron chi connectivity index (χ0n) is 9.97. The van der Waals surface area contributed by atoms with Gasteiger partial charge in [-0.2, -0.15) is 10.1 Å². The highest BCUT2D eigenvalue weighted by Crippen LogP contribution is 2.25. The summed E-state index contributed by atoms with van der Waals surface area (Å²) in [5.74, 6) is 1.52. The Morgan fingerprint density at radius 2 is 2.24 bits per heavy atom. The van der Waals surface area contributed by atoms with Gasteiger partial charge in [0.25, 0.3) is 5.89 Å². The summed E-state index contributed by atoms with van der Waals surface area (Å²) in [6, 6.07) is 1.63. The maximum absolute atomic E-state index is 5.50. The maximum atomic E-state index is 5.50. The van der Waals surface area contributed by atoms with E-state index in [1.165, 1.54) is 0 Å². The van der Waals surface area contributed by atoms with Gasteiger partial charge in [0.05, 0.1) is 0 Å². The summed E-state index contributed by atoms with van der Waals surface area (Å²) in [5, 5.41) is 10.4. The third kappa shape index (κ3) is 2.28. The van der Waals surface area contributed by atoms with Gasteiger partial charge in [0.2, 0.25) is 5.82 Å². The predicted molar refractivity (Wildman–Crippen MR) is 60.9 cm³/mol. The molecule has 1 unspecified atom stereocenters. The number of anilines is 1. The molecule has 0 aliphatic carbocycles. The maximum Gasteiger partial charge on any atom is 0.276 e. The fourth-order valence-electron chi connectivity index (χ4n) is 1.58. The summed E-state index contributed by atoms with van der Waals surface area (Å²) < 4.78 is 10.4. The van der Waals surface area contributed by atoms with E-state index >= 15 is 0 Å². The fraction of sp³-hybridized carbons (Fsp3) is 0.500. The number of rotatable bonds is 4. The summed E-state index contributed by atoms with van der Waals surface area (Å²) in [6.07, 6.45) is -0.187. The largest absolute Gasteiger partial charge is 0.382 e. The topological polar surface area (TPSA) is 103 Å². The lowest BCUT2D eigenvalue weighted by Crippen LogP contribution is -2.10. The van der Waals surface area contributed by atoms with Crippen LogP contribution < -0.4 is 5.73 Å². The van der Waals surface area contributed by atoms with Crippen LogP contribution in [0.3, 0.4) is 0 Å². The molecule has 0 aliphatic heterocycles. The van der Waals surface area contributed by atoms with E-state index in [0.717, 1.165) is 0 Å². The Bertz CT molecular complexity index is 490. The average molecular weight is 237 g/mol. The molecule has 0 saturated carbocycles. The molecule has 0 fully saturated rings. The van der Waals surface area contributed by atoms with Crippen LogP contribution in [0.25, 0.3) is 11.6 Å². The number of nitrogen functional groups attached to an aromatic ring is 1. The molecule has 2 rings (SSSR count). The Morgan fingerprint density at radius 1 is 1.47 bits per heavy atom. The summed E-state index contributed by atoms with van der Waals surface area (Å²) in [7, 11) is 1.62. The van der Waals surface area contributed by atoms with Gasteiger partial charge in [0.15, 0.2) is 0 Å². The monoisotopic (exact) mass is 237 g/mol. The molecule has 7 nitrogen and oxygen atoms in total. The van der Waals surface area contributed by atoms with Gasteiger partial charge in [0, 0.05) is 13.2 Å². The number of nitrogens with one attached hydrogen (secondary N) is 1. The number of aromatic amines is 1. The first kappa shape index (κ1) is 11.6. The van der Waals surface area contributed by atoms with Crippen LogP contribution in [-0.4, -0.2) is 27.4 Å². The number of H-pyrrole nitrogens is 1. The molecule has 2 aromatic rings. The van der Waals surface area contributed by atoms with Crippen LogP contribution in [-0.2, 0) is 4.74 Å². The molecule has 0 amide bonds. The lowest BCUT2D eigenvalue weighted by atomic mass is 10.1. The Morgan fingerprint density at radius 3 is 2.76 bits per heavy atom. The zero-order valence-corrected chi connectivity index (χ0v) is 9.97. The van der Waals surface area contributed by atoms with Crippen LogP contribution in [0, 0.1) is 5.92 Å². The fourth-order valence-corrected chi connectivity index (χ4v) is 1.58. The van der Waals surface area contributed by atoms with Gasteiger partial charge in [-0.3, -0.25) is 5.10 Å². The Balaban J connectivity index is 2.26. The molecule has 0 radical (unpaired) electrons. The van der Waals surface area contributed by atoms with Crippen LogP contribution >= 0.6 is 0 Å². The van der Waals surface area contributed by atoms with Crippen molar-refractivity contribution in [3.05, 3.63) is 11.9 Å². The van der Waals surface area contributed by atoms with E-state index in [1.54, 1.807) is 13.2 Å². The summed E-state index contributed by atoms with van der Waals surface area (Å²) >= 11 is 0. The van der Waals surface area contributed by atoms with E-state index in [1.807, 2.05) is 13.8 Å². The Hall–Kier alpha value is -1.89. The van der Waals surface area contributed by atoms with Crippen molar-refractivity contribution < 1.29 is 9.26 Å². The number of ether oxygens (including phenoxy) is 1. The summed E-state index contributed by atoms with van der Waals surface area (Å²) in [6.45, 7) is 4.05. The molecule has 0 bridgehead atoms.